The van der Waals surface area contributed by atoms with Gasteiger partial charge in [0.1, 0.15) is 0 Å². The maximum Gasteiger partial charge on any atom is 0.0710 e. The van der Waals surface area contributed by atoms with E-state index in [0.29, 0.717) is 12.5 Å². The molecule has 0 N–H and O–H groups in total. The van der Waals surface area contributed by atoms with Crippen molar-refractivity contribution in [2.75, 3.05) is 4.43 Å². The summed E-state index contributed by atoms with van der Waals surface area (Å²) in [6, 6.07) is 2.13. The molecule has 3 heteroatoms. The zero-order chi connectivity index (χ0) is 7.40. The van der Waals surface area contributed by atoms with Crippen LogP contribution >= 0.6 is 22.6 Å². The second-order valence-electron chi connectivity index (χ2n) is 2.47. The van der Waals surface area contributed by atoms with Gasteiger partial charge >= 0.3 is 0 Å². The Morgan fingerprint density at radius 1 is 1.50 bits per heavy atom. The fourth-order valence-corrected chi connectivity index (χ4v) is 1.79. The van der Waals surface area contributed by atoms with E-state index in [1.165, 1.54) is 0 Å². The third-order valence-electron chi connectivity index (χ3n) is 1.69. The lowest BCUT2D eigenvalue weighted by molar-refractivity contribution is 0.0631. The second-order valence-corrected chi connectivity index (χ2v) is 3.35. The van der Waals surface area contributed by atoms with Gasteiger partial charge in [0.2, 0.25) is 0 Å². The Bertz CT molecular complexity index is 143. The molecule has 1 saturated heterocycles. The zero-order valence-electron chi connectivity index (χ0n) is 5.72. The van der Waals surface area contributed by atoms with Gasteiger partial charge in [0.15, 0.2) is 0 Å². The van der Waals surface area contributed by atoms with E-state index in [1.807, 2.05) is 0 Å². The highest BCUT2D eigenvalue weighted by Crippen LogP contribution is 2.22. The van der Waals surface area contributed by atoms with Crippen molar-refractivity contribution < 1.29 is 4.74 Å². The van der Waals surface area contributed by atoms with Crippen LogP contribution in [0.2, 0.25) is 0 Å². The number of nitriles is 1. The molecule has 0 aromatic rings. The second kappa shape index (κ2) is 4.14. The van der Waals surface area contributed by atoms with Gasteiger partial charge < -0.3 is 4.74 Å². The van der Waals surface area contributed by atoms with Crippen molar-refractivity contribution in [1.29, 1.82) is 5.26 Å². The van der Waals surface area contributed by atoms with E-state index < -0.39 is 0 Å². The maximum absolute atomic E-state index is 8.35. The van der Waals surface area contributed by atoms with Gasteiger partial charge in [-0.3, -0.25) is 0 Å². The van der Waals surface area contributed by atoms with Gasteiger partial charge in [0, 0.05) is 4.43 Å². The smallest absolute Gasteiger partial charge is 0.0710 e. The Morgan fingerprint density at radius 3 is 2.70 bits per heavy atom. The summed E-state index contributed by atoms with van der Waals surface area (Å²) in [5.41, 5.74) is 0. The molecule has 0 aliphatic carbocycles. The lowest BCUT2D eigenvalue weighted by atomic mass is 10.2. The normalized spacial score (nSPS) is 32.0. The van der Waals surface area contributed by atoms with Crippen molar-refractivity contribution in [3.8, 4) is 6.07 Å². The number of halogens is 1. The molecule has 0 amide bonds. The fourth-order valence-electron chi connectivity index (χ4n) is 1.15. The summed E-state index contributed by atoms with van der Waals surface area (Å²) in [6.45, 7) is 0. The quantitative estimate of drug-likeness (QED) is 0.554. The Balaban J connectivity index is 2.23. The zero-order valence-corrected chi connectivity index (χ0v) is 7.87. The van der Waals surface area contributed by atoms with Gasteiger partial charge in [-0.15, -0.1) is 0 Å². The first-order valence-electron chi connectivity index (χ1n) is 3.45. The van der Waals surface area contributed by atoms with Crippen molar-refractivity contribution in [2.45, 2.75) is 31.5 Å². The van der Waals surface area contributed by atoms with Crippen molar-refractivity contribution in [1.82, 2.24) is 0 Å². The van der Waals surface area contributed by atoms with E-state index in [2.05, 4.69) is 28.7 Å². The van der Waals surface area contributed by atoms with Crippen LogP contribution in [0.5, 0.6) is 0 Å². The lowest BCUT2D eigenvalue weighted by Crippen LogP contribution is -2.10. The molecule has 1 aliphatic heterocycles. The average molecular weight is 251 g/mol. The van der Waals surface area contributed by atoms with E-state index >= 15 is 0 Å². The van der Waals surface area contributed by atoms with Gasteiger partial charge in [0.05, 0.1) is 24.7 Å². The molecule has 0 bridgehead atoms. The Morgan fingerprint density at radius 2 is 2.20 bits per heavy atom. The van der Waals surface area contributed by atoms with Crippen molar-refractivity contribution in [2.24, 2.45) is 0 Å². The molecule has 1 rings (SSSR count). The molecule has 10 heavy (non-hydrogen) atoms. The lowest BCUT2D eigenvalue weighted by Gasteiger charge is -2.06. The van der Waals surface area contributed by atoms with Gasteiger partial charge in [-0.2, -0.15) is 5.26 Å². The number of hydrogen-bond donors (Lipinski definition) is 0. The van der Waals surface area contributed by atoms with Gasteiger partial charge in [-0.05, 0) is 12.8 Å². The summed E-state index contributed by atoms with van der Waals surface area (Å²) in [4.78, 5) is 0. The molecule has 2 nitrogen and oxygen atoms in total. The largest absolute Gasteiger partial charge is 0.373 e. The number of hydrogen-bond acceptors (Lipinski definition) is 2. The molecule has 56 valence electrons. The van der Waals surface area contributed by atoms with Gasteiger partial charge in [0.25, 0.3) is 0 Å². The minimum absolute atomic E-state index is 0.227. The average Bonchev–Trinajstić information content (AvgIpc) is 2.37. The van der Waals surface area contributed by atoms with Crippen LogP contribution in [0.3, 0.4) is 0 Å². The van der Waals surface area contributed by atoms with E-state index in [9.17, 15) is 0 Å². The van der Waals surface area contributed by atoms with Crippen LogP contribution in [-0.4, -0.2) is 16.6 Å². The van der Waals surface area contributed by atoms with Crippen LogP contribution in [0.25, 0.3) is 0 Å². The number of nitrogens with zero attached hydrogens (tertiary/aromatic N) is 1. The first-order valence-corrected chi connectivity index (χ1v) is 4.97. The van der Waals surface area contributed by atoms with Crippen molar-refractivity contribution in [3.63, 3.8) is 0 Å². The highest BCUT2D eigenvalue weighted by Gasteiger charge is 2.23. The number of ether oxygens (including phenoxy) is 1. The summed E-state index contributed by atoms with van der Waals surface area (Å²) in [5.74, 6) is 0. The predicted octanol–water partition coefficient (Wildman–Crippen LogP) is 1.88. The molecular weight excluding hydrogens is 241 g/mol. The Hall–Kier alpha value is 0.180. The van der Waals surface area contributed by atoms with E-state index in [4.69, 9.17) is 10.00 Å². The molecule has 1 fully saturated rings. The van der Waals surface area contributed by atoms with Crippen molar-refractivity contribution in [3.05, 3.63) is 0 Å². The first kappa shape index (κ1) is 8.28. The van der Waals surface area contributed by atoms with E-state index in [0.717, 1.165) is 17.3 Å². The summed E-state index contributed by atoms with van der Waals surface area (Å²) in [7, 11) is 0. The molecule has 0 spiro atoms. The molecule has 0 unspecified atom stereocenters. The molecule has 0 saturated carbocycles. The topological polar surface area (TPSA) is 33.0 Å². The Labute approximate surface area is 74.7 Å². The van der Waals surface area contributed by atoms with Crippen LogP contribution in [0, 0.1) is 11.3 Å². The predicted molar refractivity (Wildman–Crippen MR) is 47.0 cm³/mol. The highest BCUT2D eigenvalue weighted by atomic mass is 127. The standard InChI is InChI=1S/C7H10INO/c8-5-7-2-1-6(10-7)3-4-9/h6-7H,1-3,5H2/t6-,7+/m0/s1. The minimum Gasteiger partial charge on any atom is -0.373 e. The first-order chi connectivity index (χ1) is 4.86. The van der Waals surface area contributed by atoms with Crippen LogP contribution in [-0.2, 0) is 4.74 Å². The molecule has 2 atom stereocenters. The number of alkyl halides is 1. The van der Waals surface area contributed by atoms with Crippen molar-refractivity contribution >= 4 is 22.6 Å². The van der Waals surface area contributed by atoms with Crippen LogP contribution in [0.4, 0.5) is 0 Å². The highest BCUT2D eigenvalue weighted by molar-refractivity contribution is 14.1. The van der Waals surface area contributed by atoms with Gasteiger partial charge in [-0.25, -0.2) is 0 Å². The molecule has 0 aromatic heterocycles. The van der Waals surface area contributed by atoms with Crippen LogP contribution in [0.15, 0.2) is 0 Å². The van der Waals surface area contributed by atoms with Crippen LogP contribution in [0.1, 0.15) is 19.3 Å². The van der Waals surface area contributed by atoms with E-state index in [-0.39, 0.29) is 6.10 Å². The molecular formula is C7H10INO. The number of rotatable bonds is 2. The third kappa shape index (κ3) is 2.10. The molecule has 1 aliphatic rings. The minimum atomic E-state index is 0.227. The third-order valence-corrected chi connectivity index (χ3v) is 2.67. The summed E-state index contributed by atoms with van der Waals surface area (Å²) in [6.07, 6.45) is 3.41. The van der Waals surface area contributed by atoms with Gasteiger partial charge in [-0.1, -0.05) is 22.6 Å². The van der Waals surface area contributed by atoms with E-state index in [1.54, 1.807) is 0 Å². The SMILES string of the molecule is N#CC[C@@H]1CC[C@H](CI)O1. The maximum atomic E-state index is 8.35. The molecule has 1 heterocycles. The summed E-state index contributed by atoms with van der Waals surface area (Å²) < 4.78 is 6.58. The molecule has 0 aromatic carbocycles. The fraction of sp³-hybridized carbons (Fsp3) is 0.857. The summed E-state index contributed by atoms with van der Waals surface area (Å²) in [5, 5.41) is 8.35. The Kier molecular flexibility index (Phi) is 3.43. The summed E-state index contributed by atoms with van der Waals surface area (Å²) >= 11 is 2.32. The van der Waals surface area contributed by atoms with Crippen LogP contribution < -0.4 is 0 Å². The monoisotopic (exact) mass is 251 g/mol. The molecule has 0 radical (unpaired) electrons.